The van der Waals surface area contributed by atoms with Crippen molar-refractivity contribution in [2.24, 2.45) is 5.92 Å². The Balaban J connectivity index is 2.70. The van der Waals surface area contributed by atoms with E-state index in [9.17, 15) is 8.42 Å². The van der Waals surface area contributed by atoms with Crippen molar-refractivity contribution in [2.75, 3.05) is 12.3 Å². The van der Waals surface area contributed by atoms with Crippen LogP contribution < -0.4 is 15.2 Å². The maximum Gasteiger partial charge on any atom is 0.277 e. The fourth-order valence-electron chi connectivity index (χ4n) is 1.52. The second-order valence-electron chi connectivity index (χ2n) is 4.71. The van der Waals surface area contributed by atoms with E-state index >= 15 is 0 Å². The van der Waals surface area contributed by atoms with Crippen molar-refractivity contribution < 1.29 is 8.42 Å². The van der Waals surface area contributed by atoms with Gasteiger partial charge in [-0.15, -0.1) is 0 Å². The van der Waals surface area contributed by atoms with Gasteiger partial charge in [-0.05, 0) is 24.5 Å². The SMILES string of the molecule is CC(C)CNS(=O)(=O)NC(C)c1ccccc1N. The molecule has 0 aliphatic carbocycles. The molecule has 0 saturated carbocycles. The largest absolute Gasteiger partial charge is 0.398 e. The molecule has 1 unspecified atom stereocenters. The summed E-state index contributed by atoms with van der Waals surface area (Å²) >= 11 is 0. The topological polar surface area (TPSA) is 84.2 Å². The molecule has 4 N–H and O–H groups in total. The van der Waals surface area contributed by atoms with Gasteiger partial charge < -0.3 is 5.73 Å². The lowest BCUT2D eigenvalue weighted by Crippen LogP contribution is -2.39. The van der Waals surface area contributed by atoms with Gasteiger partial charge in [0.2, 0.25) is 0 Å². The van der Waals surface area contributed by atoms with Crippen LogP contribution in [0.1, 0.15) is 32.4 Å². The Bertz CT molecular complexity index is 486. The summed E-state index contributed by atoms with van der Waals surface area (Å²) in [7, 11) is -3.50. The van der Waals surface area contributed by atoms with Crippen LogP contribution in [-0.2, 0) is 10.2 Å². The highest BCUT2D eigenvalue weighted by atomic mass is 32.2. The lowest BCUT2D eigenvalue weighted by atomic mass is 10.1. The smallest absolute Gasteiger partial charge is 0.277 e. The van der Waals surface area contributed by atoms with Crippen LogP contribution in [0.3, 0.4) is 0 Å². The molecule has 18 heavy (non-hydrogen) atoms. The van der Waals surface area contributed by atoms with E-state index in [2.05, 4.69) is 9.44 Å². The minimum atomic E-state index is -3.50. The van der Waals surface area contributed by atoms with Crippen molar-refractivity contribution >= 4 is 15.9 Å². The molecule has 1 aromatic rings. The highest BCUT2D eigenvalue weighted by Gasteiger charge is 2.16. The third kappa shape index (κ3) is 4.64. The summed E-state index contributed by atoms with van der Waals surface area (Å²) in [6.45, 7) is 6.06. The minimum Gasteiger partial charge on any atom is -0.398 e. The highest BCUT2D eigenvalue weighted by molar-refractivity contribution is 7.87. The van der Waals surface area contributed by atoms with Crippen LogP contribution >= 0.6 is 0 Å². The summed E-state index contributed by atoms with van der Waals surface area (Å²) in [5.74, 6) is 0.263. The van der Waals surface area contributed by atoms with Crippen molar-refractivity contribution in [3.63, 3.8) is 0 Å². The first-order chi connectivity index (χ1) is 8.32. The van der Waals surface area contributed by atoms with Crippen LogP contribution in [0.25, 0.3) is 0 Å². The molecular weight excluding hydrogens is 250 g/mol. The van der Waals surface area contributed by atoms with E-state index in [1.165, 1.54) is 0 Å². The summed E-state index contributed by atoms with van der Waals surface area (Å²) in [6, 6.07) is 6.85. The van der Waals surface area contributed by atoms with Crippen LogP contribution in [0.4, 0.5) is 5.69 Å². The normalized spacial score (nSPS) is 13.8. The van der Waals surface area contributed by atoms with Crippen LogP contribution in [0, 0.1) is 5.92 Å². The fourth-order valence-corrected chi connectivity index (χ4v) is 2.75. The second kappa shape index (κ2) is 6.17. The molecule has 1 aromatic carbocycles. The standard InChI is InChI=1S/C12H21N3O2S/c1-9(2)8-14-18(16,17)15-10(3)11-6-4-5-7-12(11)13/h4-7,9-10,14-15H,8,13H2,1-3H3. The van der Waals surface area contributed by atoms with Gasteiger partial charge in [-0.1, -0.05) is 32.0 Å². The van der Waals surface area contributed by atoms with E-state index in [1.807, 2.05) is 32.0 Å². The maximum atomic E-state index is 11.8. The van der Waals surface area contributed by atoms with Crippen molar-refractivity contribution in [1.29, 1.82) is 0 Å². The van der Waals surface area contributed by atoms with E-state index in [-0.39, 0.29) is 12.0 Å². The molecule has 1 rings (SSSR count). The van der Waals surface area contributed by atoms with E-state index in [0.717, 1.165) is 5.56 Å². The fraction of sp³-hybridized carbons (Fsp3) is 0.500. The predicted octanol–water partition coefficient (Wildman–Crippen LogP) is 1.41. The Morgan fingerprint density at radius 2 is 1.83 bits per heavy atom. The Hall–Kier alpha value is -1.11. The molecule has 102 valence electrons. The van der Waals surface area contributed by atoms with Gasteiger partial charge in [0.25, 0.3) is 10.2 Å². The first-order valence-electron chi connectivity index (χ1n) is 5.93. The number of benzene rings is 1. The van der Waals surface area contributed by atoms with Gasteiger partial charge in [0.15, 0.2) is 0 Å². The molecule has 0 radical (unpaired) electrons. The van der Waals surface area contributed by atoms with Gasteiger partial charge in [0.1, 0.15) is 0 Å². The number of rotatable bonds is 6. The van der Waals surface area contributed by atoms with Crippen LogP contribution in [0.15, 0.2) is 24.3 Å². The zero-order valence-electron chi connectivity index (χ0n) is 11.0. The molecule has 0 saturated heterocycles. The lowest BCUT2D eigenvalue weighted by molar-refractivity contribution is 0.536. The molecule has 0 heterocycles. The van der Waals surface area contributed by atoms with Gasteiger partial charge in [-0.3, -0.25) is 0 Å². The number of nitrogens with two attached hydrogens (primary N) is 1. The molecule has 0 aliphatic heterocycles. The average molecular weight is 271 g/mol. The minimum absolute atomic E-state index is 0.263. The van der Waals surface area contributed by atoms with Gasteiger partial charge >= 0.3 is 0 Å². The first-order valence-corrected chi connectivity index (χ1v) is 7.41. The van der Waals surface area contributed by atoms with Gasteiger partial charge in [0.05, 0.1) is 0 Å². The van der Waals surface area contributed by atoms with E-state index < -0.39 is 10.2 Å². The quantitative estimate of drug-likeness (QED) is 0.684. The van der Waals surface area contributed by atoms with E-state index in [0.29, 0.717) is 12.2 Å². The molecule has 0 aliphatic rings. The average Bonchev–Trinajstić information content (AvgIpc) is 2.26. The van der Waals surface area contributed by atoms with Crippen molar-refractivity contribution in [3.8, 4) is 0 Å². The summed E-state index contributed by atoms with van der Waals surface area (Å²) in [5, 5.41) is 0. The van der Waals surface area contributed by atoms with Crippen molar-refractivity contribution in [1.82, 2.24) is 9.44 Å². The maximum absolute atomic E-state index is 11.8. The highest BCUT2D eigenvalue weighted by Crippen LogP contribution is 2.19. The summed E-state index contributed by atoms with van der Waals surface area (Å²) in [5.41, 5.74) is 7.16. The summed E-state index contributed by atoms with van der Waals surface area (Å²) in [4.78, 5) is 0. The number of anilines is 1. The Morgan fingerprint density at radius 3 is 2.39 bits per heavy atom. The second-order valence-corrected chi connectivity index (χ2v) is 6.25. The van der Waals surface area contributed by atoms with E-state index in [1.54, 1.807) is 13.0 Å². The number of nitrogen functional groups attached to an aromatic ring is 1. The first kappa shape index (κ1) is 14.9. The Labute approximate surface area is 109 Å². The molecular formula is C12H21N3O2S. The predicted molar refractivity (Wildman–Crippen MR) is 74.2 cm³/mol. The molecule has 1 atom stereocenters. The van der Waals surface area contributed by atoms with Crippen molar-refractivity contribution in [2.45, 2.75) is 26.8 Å². The molecule has 5 nitrogen and oxygen atoms in total. The molecule has 0 amide bonds. The van der Waals surface area contributed by atoms with Crippen LogP contribution in [-0.4, -0.2) is 15.0 Å². The van der Waals surface area contributed by atoms with E-state index in [4.69, 9.17) is 5.73 Å². The molecule has 6 heteroatoms. The molecule has 0 fully saturated rings. The van der Waals surface area contributed by atoms with Gasteiger partial charge in [-0.25, -0.2) is 4.72 Å². The number of nitrogens with one attached hydrogen (secondary N) is 2. The Kier molecular flexibility index (Phi) is 5.13. The Morgan fingerprint density at radius 1 is 1.22 bits per heavy atom. The molecule has 0 bridgehead atoms. The van der Waals surface area contributed by atoms with Crippen LogP contribution in [0.2, 0.25) is 0 Å². The molecule has 0 spiro atoms. The third-order valence-corrected chi connectivity index (χ3v) is 3.69. The van der Waals surface area contributed by atoms with Gasteiger partial charge in [-0.2, -0.15) is 13.1 Å². The monoisotopic (exact) mass is 271 g/mol. The summed E-state index contributed by atoms with van der Waals surface area (Å²) in [6.07, 6.45) is 0. The third-order valence-electron chi connectivity index (χ3n) is 2.48. The van der Waals surface area contributed by atoms with Crippen molar-refractivity contribution in [3.05, 3.63) is 29.8 Å². The lowest BCUT2D eigenvalue weighted by Gasteiger charge is -2.17. The summed E-state index contributed by atoms with van der Waals surface area (Å²) < 4.78 is 28.6. The van der Waals surface area contributed by atoms with Gasteiger partial charge in [0, 0.05) is 18.3 Å². The number of hydrogen-bond acceptors (Lipinski definition) is 3. The van der Waals surface area contributed by atoms with Crippen LogP contribution in [0.5, 0.6) is 0 Å². The molecule has 0 aromatic heterocycles. The number of hydrogen-bond donors (Lipinski definition) is 3. The zero-order chi connectivity index (χ0) is 13.8. The zero-order valence-corrected chi connectivity index (χ0v) is 11.8. The number of para-hydroxylation sites is 1.